The fraction of sp³-hybridized carbons (Fsp3) is 0.615. The Morgan fingerprint density at radius 1 is 1.08 bits per heavy atom. The van der Waals surface area contributed by atoms with E-state index in [0.717, 1.165) is 29.5 Å². The Balaban J connectivity index is 1.58. The number of aliphatic hydroxyl groups excluding tert-OH is 1. The molecule has 3 N–H and O–H groups in total. The van der Waals surface area contributed by atoms with Crippen LogP contribution in [0.3, 0.4) is 0 Å². The summed E-state index contributed by atoms with van der Waals surface area (Å²) < 4.78 is 7.78. The summed E-state index contributed by atoms with van der Waals surface area (Å²) in [7, 11) is 0. The van der Waals surface area contributed by atoms with Crippen LogP contribution in [0.5, 0.6) is 0 Å². The summed E-state index contributed by atoms with van der Waals surface area (Å²) in [5.74, 6) is 2.62. The number of fused-ring (bicyclic) bond motifs is 1. The number of hydrogen-bond acceptors (Lipinski definition) is 11. The first-order chi connectivity index (χ1) is 18.7. The number of carbonyl (C=O) groups is 1. The van der Waals surface area contributed by atoms with E-state index in [2.05, 4.69) is 38.2 Å². The molecule has 0 aliphatic carbocycles. The van der Waals surface area contributed by atoms with Crippen molar-refractivity contribution in [3.8, 4) is 11.4 Å². The first-order valence-electron chi connectivity index (χ1n) is 13.6. The summed E-state index contributed by atoms with van der Waals surface area (Å²) in [6, 6.07) is -0.0235. The van der Waals surface area contributed by atoms with Gasteiger partial charge in [-0.2, -0.15) is 0 Å². The summed E-state index contributed by atoms with van der Waals surface area (Å²) >= 11 is 0. The van der Waals surface area contributed by atoms with Crippen LogP contribution in [-0.4, -0.2) is 103 Å². The Labute approximate surface area is 228 Å². The van der Waals surface area contributed by atoms with Crippen molar-refractivity contribution < 1.29 is 14.6 Å². The van der Waals surface area contributed by atoms with Crippen molar-refractivity contribution in [2.24, 2.45) is 5.92 Å². The molecule has 0 spiro atoms. The van der Waals surface area contributed by atoms with Gasteiger partial charge in [0.1, 0.15) is 0 Å². The maximum atomic E-state index is 12.7. The van der Waals surface area contributed by atoms with Gasteiger partial charge in [-0.15, -0.1) is 0 Å². The van der Waals surface area contributed by atoms with Crippen LogP contribution in [0.2, 0.25) is 0 Å². The molecular weight excluding hydrogens is 500 g/mol. The van der Waals surface area contributed by atoms with E-state index >= 15 is 0 Å². The molecule has 2 atom stereocenters. The topological polar surface area (TPSA) is 152 Å². The molecule has 2 saturated heterocycles. The van der Waals surface area contributed by atoms with Crippen LogP contribution in [0.25, 0.3) is 22.6 Å². The number of amides is 1. The zero-order chi connectivity index (χ0) is 27.7. The van der Waals surface area contributed by atoms with E-state index in [4.69, 9.17) is 25.4 Å². The maximum absolute atomic E-state index is 12.7. The first-order valence-corrected chi connectivity index (χ1v) is 13.6. The SMILES string of the molecule is CC(C)Cn1c(N2CCN(C(=O)C[C@H](C)O)[C@H](C)C2)nc2c(N3CCOCC3)nc(-c3cnc(N)nc3)nc21. The summed E-state index contributed by atoms with van der Waals surface area (Å²) in [5.41, 5.74) is 7.90. The Kier molecular flexibility index (Phi) is 7.80. The highest BCUT2D eigenvalue weighted by Gasteiger charge is 2.32. The summed E-state index contributed by atoms with van der Waals surface area (Å²) in [4.78, 5) is 42.4. The lowest BCUT2D eigenvalue weighted by Gasteiger charge is -2.40. The molecule has 3 aromatic rings. The van der Waals surface area contributed by atoms with Crippen molar-refractivity contribution in [3.63, 3.8) is 0 Å². The number of piperazine rings is 1. The Morgan fingerprint density at radius 3 is 2.44 bits per heavy atom. The molecule has 0 radical (unpaired) electrons. The molecule has 39 heavy (non-hydrogen) atoms. The molecule has 3 aromatic heterocycles. The number of imidazole rings is 1. The van der Waals surface area contributed by atoms with Crippen LogP contribution < -0.4 is 15.5 Å². The zero-order valence-corrected chi connectivity index (χ0v) is 23.1. The van der Waals surface area contributed by atoms with Gasteiger partial charge < -0.3 is 30.3 Å². The number of aromatic nitrogens is 6. The van der Waals surface area contributed by atoms with Crippen molar-refractivity contribution in [1.29, 1.82) is 0 Å². The monoisotopic (exact) mass is 538 g/mol. The average Bonchev–Trinajstić information content (AvgIpc) is 3.26. The van der Waals surface area contributed by atoms with Crippen molar-refractivity contribution in [1.82, 2.24) is 34.4 Å². The molecule has 2 aliphatic heterocycles. The minimum atomic E-state index is -0.657. The smallest absolute Gasteiger partial charge is 0.225 e. The molecule has 2 aliphatic rings. The maximum Gasteiger partial charge on any atom is 0.225 e. The summed E-state index contributed by atoms with van der Waals surface area (Å²) in [6.45, 7) is 13.2. The number of aliphatic hydroxyl groups is 1. The normalized spacial score (nSPS) is 19.2. The summed E-state index contributed by atoms with van der Waals surface area (Å²) in [5, 5.41) is 9.71. The second-order valence-electron chi connectivity index (χ2n) is 10.8. The average molecular weight is 539 g/mol. The summed E-state index contributed by atoms with van der Waals surface area (Å²) in [6.07, 6.45) is 2.76. The lowest BCUT2D eigenvalue weighted by Crippen LogP contribution is -2.55. The molecule has 5 rings (SSSR count). The number of rotatable bonds is 7. The van der Waals surface area contributed by atoms with Gasteiger partial charge in [-0.3, -0.25) is 9.36 Å². The highest BCUT2D eigenvalue weighted by molar-refractivity contribution is 5.88. The van der Waals surface area contributed by atoms with Crippen LogP contribution in [0.15, 0.2) is 12.4 Å². The van der Waals surface area contributed by atoms with Crippen LogP contribution in [-0.2, 0) is 16.1 Å². The molecule has 5 heterocycles. The number of morpholine rings is 1. The third-order valence-electron chi connectivity index (χ3n) is 7.05. The van der Waals surface area contributed by atoms with Gasteiger partial charge in [0.05, 0.1) is 31.3 Å². The second kappa shape index (κ2) is 11.3. The number of ether oxygens (including phenoxy) is 1. The van der Waals surface area contributed by atoms with E-state index < -0.39 is 6.10 Å². The van der Waals surface area contributed by atoms with E-state index in [1.165, 1.54) is 0 Å². The largest absolute Gasteiger partial charge is 0.393 e. The number of nitrogens with two attached hydrogens (primary N) is 1. The van der Waals surface area contributed by atoms with Gasteiger partial charge >= 0.3 is 0 Å². The van der Waals surface area contributed by atoms with Crippen molar-refractivity contribution in [2.45, 2.75) is 52.8 Å². The van der Waals surface area contributed by atoms with E-state index in [9.17, 15) is 9.90 Å². The van der Waals surface area contributed by atoms with Gasteiger partial charge in [0.25, 0.3) is 0 Å². The van der Waals surface area contributed by atoms with Crippen LogP contribution in [0.1, 0.15) is 34.1 Å². The number of anilines is 3. The number of hydrogen-bond donors (Lipinski definition) is 2. The number of nitrogens with zero attached hydrogens (tertiary/aromatic N) is 9. The van der Waals surface area contributed by atoms with E-state index in [0.29, 0.717) is 63.2 Å². The van der Waals surface area contributed by atoms with Crippen molar-refractivity contribution >= 4 is 34.8 Å². The second-order valence-corrected chi connectivity index (χ2v) is 10.8. The fourth-order valence-electron chi connectivity index (χ4n) is 5.21. The van der Waals surface area contributed by atoms with Gasteiger partial charge in [-0.25, -0.2) is 24.9 Å². The number of carbonyl (C=O) groups excluding carboxylic acids is 1. The molecule has 0 unspecified atom stereocenters. The van der Waals surface area contributed by atoms with E-state index in [-0.39, 0.29) is 24.3 Å². The van der Waals surface area contributed by atoms with Gasteiger partial charge in [-0.1, -0.05) is 13.8 Å². The minimum Gasteiger partial charge on any atom is -0.393 e. The molecule has 13 heteroatoms. The predicted octanol–water partition coefficient (Wildman–Crippen LogP) is 1.17. The molecular formula is C26H38N10O3. The molecule has 0 saturated carbocycles. The standard InChI is InChI=1S/C26H38N10O3/c1-16(2)14-36-24-21(30-26(36)34-5-6-35(17(3)15-34)20(38)11-18(4)37)23(33-7-9-39-10-8-33)31-22(32-24)19-12-28-25(27)29-13-19/h12-13,16-18,37H,5-11,14-15H2,1-4H3,(H2,27,28,29)/t17-,18+/m1/s1. The van der Waals surface area contributed by atoms with Gasteiger partial charge in [-0.05, 0) is 19.8 Å². The fourth-order valence-corrected chi connectivity index (χ4v) is 5.21. The molecule has 210 valence electrons. The number of nitrogen functional groups attached to an aromatic ring is 1. The Morgan fingerprint density at radius 2 is 1.79 bits per heavy atom. The molecule has 2 fully saturated rings. The van der Waals surface area contributed by atoms with Crippen LogP contribution in [0.4, 0.5) is 17.7 Å². The van der Waals surface area contributed by atoms with Gasteiger partial charge in [0, 0.05) is 57.7 Å². The molecule has 0 aromatic carbocycles. The lowest BCUT2D eigenvalue weighted by atomic mass is 10.1. The minimum absolute atomic E-state index is 0.0235. The highest BCUT2D eigenvalue weighted by Crippen LogP contribution is 2.32. The third kappa shape index (κ3) is 5.74. The van der Waals surface area contributed by atoms with E-state index in [1.807, 2.05) is 11.8 Å². The van der Waals surface area contributed by atoms with Gasteiger partial charge in [0.15, 0.2) is 22.8 Å². The highest BCUT2D eigenvalue weighted by atomic mass is 16.5. The quantitative estimate of drug-likeness (QED) is 0.446. The van der Waals surface area contributed by atoms with Crippen molar-refractivity contribution in [2.75, 3.05) is 61.5 Å². The van der Waals surface area contributed by atoms with Crippen LogP contribution in [0, 0.1) is 5.92 Å². The molecule has 0 bridgehead atoms. The zero-order valence-electron chi connectivity index (χ0n) is 23.1. The third-order valence-corrected chi connectivity index (χ3v) is 7.05. The Hall–Kier alpha value is -3.58. The first kappa shape index (κ1) is 27.0. The molecule has 13 nitrogen and oxygen atoms in total. The van der Waals surface area contributed by atoms with E-state index in [1.54, 1.807) is 19.3 Å². The Bertz CT molecular complexity index is 1300. The van der Waals surface area contributed by atoms with Gasteiger partial charge in [0.2, 0.25) is 17.8 Å². The molecule has 1 amide bonds. The van der Waals surface area contributed by atoms with Crippen molar-refractivity contribution in [3.05, 3.63) is 12.4 Å². The lowest BCUT2D eigenvalue weighted by molar-refractivity contribution is -0.135. The predicted molar refractivity (Wildman–Crippen MR) is 148 cm³/mol. The van der Waals surface area contributed by atoms with Crippen LogP contribution >= 0.6 is 0 Å².